The van der Waals surface area contributed by atoms with Gasteiger partial charge < -0.3 is 9.88 Å². The lowest BCUT2D eigenvalue weighted by Gasteiger charge is -2.11. The van der Waals surface area contributed by atoms with Gasteiger partial charge in [-0.25, -0.2) is 13.1 Å². The quantitative estimate of drug-likeness (QED) is 0.710. The maximum Gasteiger partial charge on any atom is 0.240 e. The van der Waals surface area contributed by atoms with E-state index in [4.69, 9.17) is 0 Å². The summed E-state index contributed by atoms with van der Waals surface area (Å²) in [5, 5.41) is 1.12. The van der Waals surface area contributed by atoms with Gasteiger partial charge in [-0.3, -0.25) is 4.79 Å². The van der Waals surface area contributed by atoms with Crippen LogP contribution in [0.5, 0.6) is 0 Å². The lowest BCUT2D eigenvalue weighted by molar-refractivity contribution is -0.117. The van der Waals surface area contributed by atoms with Gasteiger partial charge in [0.05, 0.1) is 11.3 Å². The number of aromatic amines is 1. The number of hydrogen-bond acceptors (Lipinski definition) is 3. The fraction of sp³-hybridized carbons (Fsp3) is 0.250. The zero-order chi connectivity index (χ0) is 19.2. The molecule has 27 heavy (non-hydrogen) atoms. The lowest BCUT2D eigenvalue weighted by Crippen LogP contribution is -2.26. The normalized spacial score (nSPS) is 14.1. The van der Waals surface area contributed by atoms with E-state index in [9.17, 15) is 13.2 Å². The summed E-state index contributed by atoms with van der Waals surface area (Å²) in [6, 6.07) is 12.8. The fourth-order valence-corrected chi connectivity index (χ4v) is 4.75. The fourth-order valence-electron chi connectivity index (χ4n) is 3.66. The standard InChI is InChI=1S/C20H21N3O3S/c1-13-16(17-5-3-4-6-18(17)22-13)9-10-21-27(25,26)15-7-8-19-14(11-15)12-20(24)23(19)2/h3-8,11,21-22H,9-10,12H2,1-2H3. The van der Waals surface area contributed by atoms with Gasteiger partial charge in [-0.15, -0.1) is 0 Å². The first-order valence-electron chi connectivity index (χ1n) is 8.82. The van der Waals surface area contributed by atoms with Crippen LogP contribution in [0.1, 0.15) is 16.8 Å². The van der Waals surface area contributed by atoms with Crippen molar-refractivity contribution in [1.29, 1.82) is 0 Å². The van der Waals surface area contributed by atoms with Gasteiger partial charge in [-0.05, 0) is 48.7 Å². The summed E-state index contributed by atoms with van der Waals surface area (Å²) in [7, 11) is -1.93. The minimum atomic E-state index is -3.63. The summed E-state index contributed by atoms with van der Waals surface area (Å²) < 4.78 is 28.0. The highest BCUT2D eigenvalue weighted by atomic mass is 32.2. The van der Waals surface area contributed by atoms with E-state index >= 15 is 0 Å². The molecule has 2 N–H and O–H groups in total. The van der Waals surface area contributed by atoms with Gasteiger partial charge in [0, 0.05) is 35.9 Å². The molecule has 0 saturated carbocycles. The molecule has 0 bridgehead atoms. The van der Waals surface area contributed by atoms with E-state index in [1.807, 2.05) is 31.2 Å². The molecule has 0 atom stereocenters. The highest BCUT2D eigenvalue weighted by molar-refractivity contribution is 7.89. The number of hydrogen-bond donors (Lipinski definition) is 2. The molecule has 2 aromatic carbocycles. The molecule has 7 heteroatoms. The van der Waals surface area contributed by atoms with Gasteiger partial charge in [0.2, 0.25) is 15.9 Å². The second-order valence-corrected chi connectivity index (χ2v) is 8.61. The Hall–Kier alpha value is -2.64. The van der Waals surface area contributed by atoms with Gasteiger partial charge in [-0.2, -0.15) is 0 Å². The Morgan fingerprint density at radius 2 is 1.96 bits per heavy atom. The number of benzene rings is 2. The largest absolute Gasteiger partial charge is 0.358 e. The Morgan fingerprint density at radius 1 is 1.19 bits per heavy atom. The molecular formula is C20H21N3O3S. The summed E-state index contributed by atoms with van der Waals surface area (Å²) in [5.41, 5.74) is 4.75. The lowest BCUT2D eigenvalue weighted by atomic mass is 10.1. The molecule has 0 saturated heterocycles. The first kappa shape index (κ1) is 17.8. The summed E-state index contributed by atoms with van der Waals surface area (Å²) in [5.74, 6) is -0.0256. The Bertz CT molecular complexity index is 1150. The molecule has 1 aliphatic heterocycles. The van der Waals surface area contributed by atoms with Crippen LogP contribution in [0.15, 0.2) is 47.4 Å². The highest BCUT2D eigenvalue weighted by Gasteiger charge is 2.26. The van der Waals surface area contributed by atoms with Crippen molar-refractivity contribution < 1.29 is 13.2 Å². The molecule has 1 aliphatic rings. The van der Waals surface area contributed by atoms with Crippen molar-refractivity contribution in [3.05, 3.63) is 59.3 Å². The molecule has 3 aromatic rings. The molecule has 0 aliphatic carbocycles. The van der Waals surface area contributed by atoms with Gasteiger partial charge in [0.15, 0.2) is 0 Å². The average molecular weight is 383 g/mol. The molecule has 2 heterocycles. The van der Waals surface area contributed by atoms with Crippen LogP contribution < -0.4 is 9.62 Å². The maximum absolute atomic E-state index is 12.7. The zero-order valence-electron chi connectivity index (χ0n) is 15.2. The van der Waals surface area contributed by atoms with Crippen molar-refractivity contribution in [2.45, 2.75) is 24.7 Å². The SMILES string of the molecule is Cc1[nH]c2ccccc2c1CCNS(=O)(=O)c1ccc2c(c1)CC(=O)N2C. The van der Waals surface area contributed by atoms with Crippen LogP contribution in [-0.4, -0.2) is 32.9 Å². The van der Waals surface area contributed by atoms with E-state index in [0.29, 0.717) is 13.0 Å². The monoisotopic (exact) mass is 383 g/mol. The highest BCUT2D eigenvalue weighted by Crippen LogP contribution is 2.29. The van der Waals surface area contributed by atoms with Crippen molar-refractivity contribution in [3.8, 4) is 0 Å². The topological polar surface area (TPSA) is 82.3 Å². The number of likely N-dealkylation sites (N-methyl/N-ethyl adjacent to an activating group) is 1. The number of fused-ring (bicyclic) bond motifs is 2. The van der Waals surface area contributed by atoms with Gasteiger partial charge in [0.25, 0.3) is 0 Å². The average Bonchev–Trinajstić information content (AvgIpc) is 3.11. The van der Waals surface area contributed by atoms with Crippen LogP contribution >= 0.6 is 0 Å². The van der Waals surface area contributed by atoms with Crippen molar-refractivity contribution in [2.24, 2.45) is 0 Å². The van der Waals surface area contributed by atoms with Crippen LogP contribution in [0.2, 0.25) is 0 Å². The smallest absolute Gasteiger partial charge is 0.240 e. The van der Waals surface area contributed by atoms with Gasteiger partial charge in [-0.1, -0.05) is 18.2 Å². The number of anilines is 1. The zero-order valence-corrected chi connectivity index (χ0v) is 16.1. The van der Waals surface area contributed by atoms with Crippen LogP contribution in [0, 0.1) is 6.92 Å². The number of amides is 1. The Balaban J connectivity index is 1.50. The summed E-state index contributed by atoms with van der Waals surface area (Å²) in [6.07, 6.45) is 0.838. The third-order valence-corrected chi connectivity index (χ3v) is 6.59. The number of nitrogens with zero attached hydrogens (tertiary/aromatic N) is 1. The number of rotatable bonds is 5. The first-order valence-corrected chi connectivity index (χ1v) is 10.3. The van der Waals surface area contributed by atoms with Crippen LogP contribution in [0.4, 0.5) is 5.69 Å². The molecular weight excluding hydrogens is 362 g/mol. The van der Waals surface area contributed by atoms with E-state index in [-0.39, 0.29) is 17.2 Å². The van der Waals surface area contributed by atoms with Gasteiger partial charge >= 0.3 is 0 Å². The molecule has 4 rings (SSSR count). The van der Waals surface area contributed by atoms with Crippen LogP contribution in [0.25, 0.3) is 10.9 Å². The second-order valence-electron chi connectivity index (χ2n) is 6.84. The number of nitrogens with one attached hydrogen (secondary N) is 2. The first-order chi connectivity index (χ1) is 12.9. The third-order valence-electron chi connectivity index (χ3n) is 5.13. The Labute approximate surface area is 158 Å². The van der Waals surface area contributed by atoms with E-state index < -0.39 is 10.0 Å². The number of para-hydroxylation sites is 1. The number of carbonyl (C=O) groups is 1. The van der Waals surface area contributed by atoms with Crippen molar-refractivity contribution >= 4 is 32.5 Å². The predicted molar refractivity (Wildman–Crippen MR) is 105 cm³/mol. The van der Waals surface area contributed by atoms with E-state index in [1.54, 1.807) is 30.1 Å². The molecule has 1 aromatic heterocycles. The number of aromatic nitrogens is 1. The molecule has 0 fully saturated rings. The van der Waals surface area contributed by atoms with E-state index in [1.165, 1.54) is 0 Å². The Morgan fingerprint density at radius 3 is 2.78 bits per heavy atom. The van der Waals surface area contributed by atoms with E-state index in [0.717, 1.165) is 33.4 Å². The molecule has 1 amide bonds. The van der Waals surface area contributed by atoms with E-state index in [2.05, 4.69) is 9.71 Å². The molecule has 6 nitrogen and oxygen atoms in total. The minimum Gasteiger partial charge on any atom is -0.358 e. The van der Waals surface area contributed by atoms with Crippen molar-refractivity contribution in [2.75, 3.05) is 18.5 Å². The summed E-state index contributed by atoms with van der Waals surface area (Å²) in [6.45, 7) is 2.30. The summed E-state index contributed by atoms with van der Waals surface area (Å²) >= 11 is 0. The number of aryl methyl sites for hydroxylation is 1. The maximum atomic E-state index is 12.7. The molecule has 0 unspecified atom stereocenters. The molecule has 0 spiro atoms. The van der Waals surface area contributed by atoms with Crippen LogP contribution in [-0.2, 0) is 27.7 Å². The molecule has 140 valence electrons. The predicted octanol–water partition coefficient (Wildman–Crippen LogP) is 2.52. The molecule has 0 radical (unpaired) electrons. The number of carbonyl (C=O) groups excluding carboxylic acids is 1. The summed E-state index contributed by atoms with van der Waals surface area (Å²) in [4.78, 5) is 16.9. The van der Waals surface area contributed by atoms with Crippen LogP contribution in [0.3, 0.4) is 0 Å². The minimum absolute atomic E-state index is 0.0256. The van der Waals surface area contributed by atoms with Crippen molar-refractivity contribution in [1.82, 2.24) is 9.71 Å². The number of sulfonamides is 1. The second kappa shape index (κ2) is 6.51. The number of H-pyrrole nitrogens is 1. The van der Waals surface area contributed by atoms with Gasteiger partial charge in [0.1, 0.15) is 0 Å². The Kier molecular flexibility index (Phi) is 4.28. The van der Waals surface area contributed by atoms with Crippen molar-refractivity contribution in [3.63, 3.8) is 0 Å². The third kappa shape index (κ3) is 3.13.